The summed E-state index contributed by atoms with van der Waals surface area (Å²) in [7, 11) is 0. The highest BCUT2D eigenvalue weighted by Gasteiger charge is 2.32. The Hall–Kier alpha value is -2.49. The van der Waals surface area contributed by atoms with E-state index in [9.17, 15) is 4.79 Å². The number of para-hydroxylation sites is 1. The Kier molecular flexibility index (Phi) is 2.27. The molecular formula is C16H14N2O2. The fourth-order valence-electron chi connectivity index (χ4n) is 3.00. The Labute approximate surface area is 116 Å². The van der Waals surface area contributed by atoms with Gasteiger partial charge in [-0.2, -0.15) is 0 Å². The van der Waals surface area contributed by atoms with Crippen molar-refractivity contribution in [1.29, 1.82) is 0 Å². The van der Waals surface area contributed by atoms with Crippen LogP contribution in [-0.4, -0.2) is 12.5 Å². The predicted molar refractivity (Wildman–Crippen MR) is 77.4 cm³/mol. The summed E-state index contributed by atoms with van der Waals surface area (Å²) in [5.41, 5.74) is 9.20. The Morgan fingerprint density at radius 3 is 2.90 bits per heavy atom. The van der Waals surface area contributed by atoms with E-state index < -0.39 is 0 Å². The minimum atomic E-state index is 0.00470. The smallest absolute Gasteiger partial charge is 0.262 e. The summed E-state index contributed by atoms with van der Waals surface area (Å²) in [6.07, 6.45) is 1.88. The van der Waals surface area contributed by atoms with Gasteiger partial charge in [0.2, 0.25) is 0 Å². The maximum Gasteiger partial charge on any atom is 0.262 e. The second kappa shape index (κ2) is 4.00. The van der Waals surface area contributed by atoms with E-state index in [0.29, 0.717) is 22.7 Å². The molecular weight excluding hydrogens is 252 g/mol. The molecule has 0 aliphatic carbocycles. The fraction of sp³-hybridized carbons (Fsp3) is 0.188. The first-order valence-corrected chi connectivity index (χ1v) is 6.75. The highest BCUT2D eigenvalue weighted by molar-refractivity contribution is 6.10. The van der Waals surface area contributed by atoms with Crippen LogP contribution < -0.4 is 15.4 Å². The summed E-state index contributed by atoms with van der Waals surface area (Å²) in [6.45, 7) is 0.723. The molecule has 0 aromatic heterocycles. The van der Waals surface area contributed by atoms with Crippen LogP contribution in [0.2, 0.25) is 0 Å². The molecule has 2 heterocycles. The lowest BCUT2D eigenvalue weighted by atomic mass is 9.99. The summed E-state index contributed by atoms with van der Waals surface area (Å²) < 4.78 is 5.96. The van der Waals surface area contributed by atoms with Crippen LogP contribution in [-0.2, 0) is 6.42 Å². The lowest BCUT2D eigenvalue weighted by molar-refractivity contribution is 0.0985. The van der Waals surface area contributed by atoms with Gasteiger partial charge in [-0.15, -0.1) is 0 Å². The van der Waals surface area contributed by atoms with Gasteiger partial charge in [0, 0.05) is 18.3 Å². The predicted octanol–water partition coefficient (Wildman–Crippen LogP) is 2.97. The number of rotatable bonds is 0. The van der Waals surface area contributed by atoms with Gasteiger partial charge in [0.1, 0.15) is 5.75 Å². The summed E-state index contributed by atoms with van der Waals surface area (Å²) in [4.78, 5) is 14.5. The van der Waals surface area contributed by atoms with E-state index in [-0.39, 0.29) is 5.91 Å². The molecule has 1 amide bonds. The summed E-state index contributed by atoms with van der Waals surface area (Å²) in [5.74, 6) is 1.28. The Morgan fingerprint density at radius 2 is 2.00 bits per heavy atom. The van der Waals surface area contributed by atoms with Crippen molar-refractivity contribution in [2.45, 2.75) is 12.8 Å². The Balaban J connectivity index is 2.01. The number of aryl methyl sites for hydroxylation is 1. The zero-order chi connectivity index (χ0) is 13.7. The largest absolute Gasteiger partial charge is 0.454 e. The van der Waals surface area contributed by atoms with E-state index in [0.717, 1.165) is 30.6 Å². The first-order chi connectivity index (χ1) is 9.74. The average Bonchev–Trinajstić information content (AvgIpc) is 2.57. The Bertz CT molecular complexity index is 724. The van der Waals surface area contributed by atoms with Gasteiger partial charge in [-0.3, -0.25) is 4.79 Å². The van der Waals surface area contributed by atoms with Crippen LogP contribution in [0.25, 0.3) is 0 Å². The van der Waals surface area contributed by atoms with Crippen LogP contribution >= 0.6 is 0 Å². The number of ether oxygens (including phenoxy) is 1. The zero-order valence-corrected chi connectivity index (χ0v) is 10.9. The second-order valence-electron chi connectivity index (χ2n) is 5.19. The number of carbonyl (C=O) groups is 1. The molecule has 4 rings (SSSR count). The summed E-state index contributed by atoms with van der Waals surface area (Å²) in [6, 6.07) is 11.1. The monoisotopic (exact) mass is 266 g/mol. The number of hydrogen-bond acceptors (Lipinski definition) is 3. The number of hydrogen-bond donors (Lipinski definition) is 1. The first-order valence-electron chi connectivity index (χ1n) is 6.75. The number of nitrogens with two attached hydrogens (primary N) is 1. The molecule has 2 aromatic rings. The summed E-state index contributed by atoms with van der Waals surface area (Å²) in [5, 5.41) is 0. The van der Waals surface area contributed by atoms with Crippen molar-refractivity contribution >= 4 is 17.3 Å². The Morgan fingerprint density at radius 1 is 1.15 bits per heavy atom. The van der Waals surface area contributed by atoms with Gasteiger partial charge in [-0.05, 0) is 36.6 Å². The maximum atomic E-state index is 12.7. The lowest BCUT2D eigenvalue weighted by Crippen LogP contribution is -2.34. The molecule has 0 saturated heterocycles. The van der Waals surface area contributed by atoms with Gasteiger partial charge in [0.05, 0.1) is 11.3 Å². The molecule has 2 aromatic carbocycles. The van der Waals surface area contributed by atoms with Crippen LogP contribution in [0.5, 0.6) is 11.5 Å². The van der Waals surface area contributed by atoms with Gasteiger partial charge in [0.15, 0.2) is 5.75 Å². The van der Waals surface area contributed by atoms with E-state index in [2.05, 4.69) is 0 Å². The van der Waals surface area contributed by atoms with E-state index in [4.69, 9.17) is 10.5 Å². The molecule has 0 saturated carbocycles. The molecule has 2 aliphatic heterocycles. The molecule has 100 valence electrons. The zero-order valence-electron chi connectivity index (χ0n) is 10.9. The van der Waals surface area contributed by atoms with E-state index in [1.54, 1.807) is 12.1 Å². The minimum Gasteiger partial charge on any atom is -0.454 e. The van der Waals surface area contributed by atoms with Gasteiger partial charge in [-0.25, -0.2) is 0 Å². The second-order valence-corrected chi connectivity index (χ2v) is 5.19. The third kappa shape index (κ3) is 1.51. The number of amides is 1. The van der Waals surface area contributed by atoms with Gasteiger partial charge in [-0.1, -0.05) is 12.1 Å². The van der Waals surface area contributed by atoms with E-state index in [1.807, 2.05) is 29.2 Å². The molecule has 2 N–H and O–H groups in total. The molecule has 0 spiro atoms. The van der Waals surface area contributed by atoms with Crippen LogP contribution in [0.15, 0.2) is 36.4 Å². The normalized spacial score (nSPS) is 16.0. The van der Waals surface area contributed by atoms with Gasteiger partial charge < -0.3 is 15.4 Å². The van der Waals surface area contributed by atoms with Crippen LogP contribution in [0.4, 0.5) is 11.4 Å². The SMILES string of the molecule is Nc1cc2c3c(c1)Oc1ccccc1C(=O)N3CCC2. The van der Waals surface area contributed by atoms with Crippen molar-refractivity contribution in [1.82, 2.24) is 0 Å². The first kappa shape index (κ1) is 11.3. The molecule has 0 fully saturated rings. The van der Waals surface area contributed by atoms with Crippen LogP contribution in [0.1, 0.15) is 22.3 Å². The number of carbonyl (C=O) groups excluding carboxylic acids is 1. The van der Waals surface area contributed by atoms with Crippen molar-refractivity contribution in [2.24, 2.45) is 0 Å². The van der Waals surface area contributed by atoms with Gasteiger partial charge in [0.25, 0.3) is 5.91 Å². The number of benzene rings is 2. The number of nitrogen functional groups attached to an aromatic ring is 1. The van der Waals surface area contributed by atoms with Crippen LogP contribution in [0, 0.1) is 0 Å². The standard InChI is InChI=1S/C16H14N2O2/c17-11-8-10-4-3-7-18-15(10)14(9-11)20-13-6-2-1-5-12(13)16(18)19/h1-2,5-6,8-9H,3-4,7,17H2. The molecule has 0 unspecified atom stereocenters. The lowest BCUT2D eigenvalue weighted by Gasteiger charge is -2.29. The highest BCUT2D eigenvalue weighted by Crippen LogP contribution is 2.44. The molecule has 0 atom stereocenters. The van der Waals surface area contributed by atoms with Crippen molar-refractivity contribution in [3.8, 4) is 11.5 Å². The third-order valence-corrected chi connectivity index (χ3v) is 3.86. The van der Waals surface area contributed by atoms with E-state index in [1.165, 1.54) is 0 Å². The number of fused-ring (bicyclic) bond motifs is 1. The molecule has 4 nitrogen and oxygen atoms in total. The number of anilines is 2. The minimum absolute atomic E-state index is 0.00470. The summed E-state index contributed by atoms with van der Waals surface area (Å²) >= 11 is 0. The topological polar surface area (TPSA) is 55.6 Å². The van der Waals surface area contributed by atoms with Crippen molar-refractivity contribution < 1.29 is 9.53 Å². The maximum absolute atomic E-state index is 12.7. The van der Waals surface area contributed by atoms with Crippen LogP contribution in [0.3, 0.4) is 0 Å². The molecule has 0 radical (unpaired) electrons. The van der Waals surface area contributed by atoms with Crippen molar-refractivity contribution in [3.05, 3.63) is 47.5 Å². The van der Waals surface area contributed by atoms with Gasteiger partial charge >= 0.3 is 0 Å². The average molecular weight is 266 g/mol. The molecule has 0 bridgehead atoms. The quantitative estimate of drug-likeness (QED) is 0.746. The molecule has 2 aliphatic rings. The van der Waals surface area contributed by atoms with Crippen molar-refractivity contribution in [2.75, 3.05) is 17.2 Å². The third-order valence-electron chi connectivity index (χ3n) is 3.86. The van der Waals surface area contributed by atoms with Crippen molar-refractivity contribution in [3.63, 3.8) is 0 Å². The highest BCUT2D eigenvalue weighted by atomic mass is 16.5. The van der Waals surface area contributed by atoms with E-state index >= 15 is 0 Å². The fourth-order valence-corrected chi connectivity index (χ4v) is 3.00. The molecule has 4 heteroatoms. The molecule has 20 heavy (non-hydrogen) atoms. The number of nitrogens with zero attached hydrogens (tertiary/aromatic N) is 1.